The lowest BCUT2D eigenvalue weighted by Crippen LogP contribution is -2.55. The fourth-order valence-electron chi connectivity index (χ4n) is 6.78. The fraction of sp³-hybridized carbons (Fsp3) is 0.410. The van der Waals surface area contributed by atoms with Crippen LogP contribution in [-0.4, -0.2) is 101 Å². The summed E-state index contributed by atoms with van der Waals surface area (Å²) < 4.78 is 25.3. The van der Waals surface area contributed by atoms with Gasteiger partial charge in [0.2, 0.25) is 5.91 Å². The smallest absolute Gasteiger partial charge is 0.264 e. The molecule has 3 atom stereocenters. The number of ether oxygens (including phenoxy) is 4. The van der Waals surface area contributed by atoms with Gasteiger partial charge in [0.1, 0.15) is 35.8 Å². The van der Waals surface area contributed by atoms with Gasteiger partial charge in [-0.15, -0.1) is 21.5 Å². The normalized spacial score (nSPS) is 19.1. The zero-order valence-corrected chi connectivity index (χ0v) is 30.9. The first kappa shape index (κ1) is 37.4. The first-order chi connectivity index (χ1) is 26.3. The van der Waals surface area contributed by atoms with Crippen LogP contribution in [0.5, 0.6) is 0 Å². The van der Waals surface area contributed by atoms with Gasteiger partial charge in [-0.05, 0) is 56.4 Å². The Labute approximate surface area is 316 Å². The van der Waals surface area contributed by atoms with Crippen LogP contribution in [0.15, 0.2) is 48.5 Å². The highest BCUT2D eigenvalue weighted by Gasteiger charge is 2.45. The predicted octanol–water partition coefficient (Wildman–Crippen LogP) is 3.53. The van der Waals surface area contributed by atoms with E-state index in [0.717, 1.165) is 44.0 Å². The summed E-state index contributed by atoms with van der Waals surface area (Å²) in [5, 5.41) is 25.0. The second-order valence-electron chi connectivity index (χ2n) is 13.1. The Kier molecular flexibility index (Phi) is 11.8. The predicted molar refractivity (Wildman–Crippen MR) is 198 cm³/mol. The highest BCUT2D eigenvalue weighted by Crippen LogP contribution is 2.39. The number of hydrogen-bond acceptors (Lipinski definition) is 12. The number of amides is 3. The molecule has 3 aliphatic heterocycles. The molecule has 0 saturated carbocycles. The number of rotatable bonds is 14. The number of aryl methyl sites for hydroxylation is 1. The molecule has 3 aliphatic rings. The molecule has 54 heavy (non-hydrogen) atoms. The van der Waals surface area contributed by atoms with Crippen molar-refractivity contribution in [2.75, 3.05) is 51.5 Å². The van der Waals surface area contributed by atoms with Crippen LogP contribution in [0.1, 0.15) is 79.8 Å². The number of benzene rings is 2. The molecule has 282 valence electrons. The van der Waals surface area contributed by atoms with Crippen molar-refractivity contribution >= 4 is 34.7 Å². The first-order valence-corrected chi connectivity index (χ1v) is 18.8. The number of carbonyl (C=O) groups is 3. The molecule has 3 N–H and O–H groups in total. The molecule has 0 spiro atoms. The summed E-state index contributed by atoms with van der Waals surface area (Å²) in [7, 11) is 0. The molecule has 0 aliphatic carbocycles. The minimum atomic E-state index is -0.977. The van der Waals surface area contributed by atoms with Gasteiger partial charge in [-0.1, -0.05) is 48.2 Å². The number of aliphatic hydroxyl groups is 1. The molecule has 0 bridgehead atoms. The van der Waals surface area contributed by atoms with Crippen molar-refractivity contribution in [1.82, 2.24) is 25.0 Å². The van der Waals surface area contributed by atoms with E-state index in [9.17, 15) is 19.5 Å². The molecule has 14 nitrogen and oxygen atoms in total. The summed E-state index contributed by atoms with van der Waals surface area (Å²) >= 11 is 1.63. The molecule has 5 heterocycles. The van der Waals surface area contributed by atoms with Crippen molar-refractivity contribution < 1.29 is 38.4 Å². The zero-order chi connectivity index (χ0) is 37.6. The summed E-state index contributed by atoms with van der Waals surface area (Å²) in [6, 6.07) is 14.4. The molecule has 2 aromatic heterocycles. The van der Waals surface area contributed by atoms with E-state index in [2.05, 4.69) is 49.4 Å². The number of nitrogens with zero attached hydrogens (tertiary/aromatic N) is 4. The third-order valence-corrected chi connectivity index (χ3v) is 10.7. The number of imide groups is 1. The van der Waals surface area contributed by atoms with Crippen LogP contribution >= 0.6 is 11.3 Å². The second-order valence-corrected chi connectivity index (χ2v) is 14.1. The van der Waals surface area contributed by atoms with Gasteiger partial charge in [-0.3, -0.25) is 23.9 Å². The van der Waals surface area contributed by atoms with Crippen LogP contribution in [0.3, 0.4) is 0 Å². The topological polar surface area (TPSA) is 166 Å². The number of hydrogen-bond donors (Lipinski definition) is 3. The van der Waals surface area contributed by atoms with Gasteiger partial charge >= 0.3 is 0 Å². The Morgan fingerprint density at radius 2 is 1.76 bits per heavy atom. The number of fused-ring (bicyclic) bond motifs is 4. The zero-order valence-electron chi connectivity index (χ0n) is 30.1. The van der Waals surface area contributed by atoms with Gasteiger partial charge in [0.25, 0.3) is 11.8 Å². The number of aromatic nitrogens is 3. The van der Waals surface area contributed by atoms with Crippen LogP contribution < -0.4 is 10.6 Å². The summed E-state index contributed by atoms with van der Waals surface area (Å²) in [4.78, 5) is 40.7. The summed E-state index contributed by atoms with van der Waals surface area (Å²) in [5.74, 6) is 6.54. The molecule has 2 aromatic carbocycles. The minimum absolute atomic E-state index is 0.170. The maximum atomic E-state index is 13.3. The minimum Gasteiger partial charge on any atom is -0.382 e. The average Bonchev–Trinajstić information content (AvgIpc) is 3.76. The number of nitrogens with one attached hydrogen (secondary N) is 2. The molecule has 2 unspecified atom stereocenters. The Morgan fingerprint density at radius 1 is 0.981 bits per heavy atom. The number of anilines is 1. The Bertz CT molecular complexity index is 2070. The Balaban J connectivity index is 0.834. The first-order valence-electron chi connectivity index (χ1n) is 18.0. The Morgan fingerprint density at radius 3 is 2.56 bits per heavy atom. The molecular weight excluding hydrogens is 713 g/mol. The van der Waals surface area contributed by atoms with Crippen molar-refractivity contribution in [1.29, 1.82) is 0 Å². The summed E-state index contributed by atoms with van der Waals surface area (Å²) in [6.07, 6.45) is 0.0505. The molecule has 15 heteroatoms. The van der Waals surface area contributed by atoms with Gasteiger partial charge in [-0.2, -0.15) is 0 Å². The highest BCUT2D eigenvalue weighted by atomic mass is 32.1. The number of thiophene rings is 1. The monoisotopic (exact) mass is 754 g/mol. The van der Waals surface area contributed by atoms with Crippen molar-refractivity contribution in [2.24, 2.45) is 0 Å². The van der Waals surface area contributed by atoms with E-state index >= 15 is 0 Å². The fourth-order valence-corrected chi connectivity index (χ4v) is 8.03. The maximum absolute atomic E-state index is 13.3. The van der Waals surface area contributed by atoms with E-state index in [4.69, 9.17) is 18.9 Å². The molecule has 1 saturated heterocycles. The van der Waals surface area contributed by atoms with Crippen LogP contribution in [0.25, 0.3) is 5.00 Å². The van der Waals surface area contributed by atoms with Gasteiger partial charge in [0.05, 0.1) is 55.6 Å². The lowest BCUT2D eigenvalue weighted by atomic mass is 10.0. The van der Waals surface area contributed by atoms with Crippen molar-refractivity contribution in [2.45, 2.75) is 58.1 Å². The van der Waals surface area contributed by atoms with Gasteiger partial charge in [-0.25, -0.2) is 0 Å². The van der Waals surface area contributed by atoms with E-state index in [1.54, 1.807) is 29.5 Å². The second kappa shape index (κ2) is 17.0. The number of aliphatic hydroxyl groups excluding tert-OH is 1. The van der Waals surface area contributed by atoms with Crippen molar-refractivity contribution in [3.8, 4) is 16.8 Å². The lowest BCUT2D eigenvalue weighted by Gasteiger charge is -2.31. The summed E-state index contributed by atoms with van der Waals surface area (Å²) in [6.45, 7) is 6.94. The molecule has 7 rings (SSSR count). The molecule has 0 radical (unpaired) electrons. The third-order valence-electron chi connectivity index (χ3n) is 9.48. The van der Waals surface area contributed by atoms with Crippen LogP contribution in [-0.2, 0) is 36.8 Å². The van der Waals surface area contributed by atoms with Gasteiger partial charge in [0, 0.05) is 17.8 Å². The van der Waals surface area contributed by atoms with E-state index in [1.807, 2.05) is 32.0 Å². The van der Waals surface area contributed by atoms with Crippen LogP contribution in [0, 0.1) is 18.8 Å². The van der Waals surface area contributed by atoms with E-state index < -0.39 is 30.0 Å². The van der Waals surface area contributed by atoms with Crippen molar-refractivity contribution in [3.63, 3.8) is 0 Å². The van der Waals surface area contributed by atoms with Gasteiger partial charge in [0.15, 0.2) is 5.82 Å². The highest BCUT2D eigenvalue weighted by molar-refractivity contribution is 7.15. The molecular formula is C39H42N6O8S. The standard InChI is InChI=1S/C39H42N6O8S/c1-24-35-43-42-25(2)44(35)39-29(23-53-24)28(22-26-8-4-3-5-9-26)32(54-39)12-7-16-50-18-20-52-21-19-51-17-15-40-30-11-6-10-27-34(30)38(49)45(37(27)48)31-13-14-33(46)41-36(31)47/h3-6,8-11,24,31,33,40,46H,13-23H2,1-2H3,(H,41,47)/t24-,31?,33?/m0/s1. The van der Waals surface area contributed by atoms with E-state index in [1.165, 1.54) is 5.56 Å². The van der Waals surface area contributed by atoms with E-state index in [-0.39, 0.29) is 36.7 Å². The molecule has 3 amide bonds. The van der Waals surface area contributed by atoms with Crippen LogP contribution in [0.4, 0.5) is 5.69 Å². The third kappa shape index (κ3) is 7.95. The lowest BCUT2D eigenvalue weighted by molar-refractivity contribution is -0.131. The van der Waals surface area contributed by atoms with E-state index in [0.29, 0.717) is 51.9 Å². The summed E-state index contributed by atoms with van der Waals surface area (Å²) in [5.41, 5.74) is 4.43. The SMILES string of the molecule is Cc1nnc2n1-c1sc(C#CCOCCOCCOCCNc3cccc4c3C(=O)N(C3CCC(O)NC3=O)C4=O)c(Cc3ccccc3)c1CO[C@H]2C. The largest absolute Gasteiger partial charge is 0.382 e. The maximum Gasteiger partial charge on any atom is 0.264 e. The molecule has 4 aromatic rings. The Hall–Kier alpha value is -4.95. The quantitative estimate of drug-likeness (QED) is 0.0980. The van der Waals surface area contributed by atoms with Crippen molar-refractivity contribution in [3.05, 3.63) is 92.9 Å². The van der Waals surface area contributed by atoms with Gasteiger partial charge < -0.3 is 34.7 Å². The number of piperidine rings is 1. The van der Waals surface area contributed by atoms with Crippen LogP contribution in [0.2, 0.25) is 0 Å². The average molecular weight is 755 g/mol. The number of carbonyl (C=O) groups excluding carboxylic acids is 3. The molecule has 1 fully saturated rings.